The van der Waals surface area contributed by atoms with Crippen molar-refractivity contribution in [3.63, 3.8) is 0 Å². The highest BCUT2D eigenvalue weighted by Gasteiger charge is 2.40. The van der Waals surface area contributed by atoms with Crippen molar-refractivity contribution in [2.24, 2.45) is 5.92 Å². The molecule has 0 spiro atoms. The highest BCUT2D eigenvalue weighted by molar-refractivity contribution is 7.11. The number of hydrogen-bond donors (Lipinski definition) is 1. The van der Waals surface area contributed by atoms with Crippen molar-refractivity contribution in [2.75, 3.05) is 19.0 Å². The molecule has 4 rings (SSSR count). The Hall–Kier alpha value is -3.02. The molecule has 31 heavy (non-hydrogen) atoms. The summed E-state index contributed by atoms with van der Waals surface area (Å²) in [5, 5.41) is 12.1. The summed E-state index contributed by atoms with van der Waals surface area (Å²) in [6, 6.07) is 3.75. The molecule has 0 aliphatic heterocycles. The van der Waals surface area contributed by atoms with E-state index in [1.165, 1.54) is 11.3 Å². The van der Waals surface area contributed by atoms with Gasteiger partial charge in [0.15, 0.2) is 11.6 Å². The van der Waals surface area contributed by atoms with E-state index >= 15 is 0 Å². The minimum Gasteiger partial charge on any atom is -0.495 e. The summed E-state index contributed by atoms with van der Waals surface area (Å²) in [4.78, 5) is 11.4. The third-order valence-corrected chi connectivity index (χ3v) is 5.57. The van der Waals surface area contributed by atoms with Gasteiger partial charge in [0.1, 0.15) is 15.8 Å². The zero-order chi connectivity index (χ0) is 22.0. The van der Waals surface area contributed by atoms with Crippen LogP contribution in [-0.2, 0) is 12.7 Å². The zero-order valence-corrected chi connectivity index (χ0v) is 17.5. The Kier molecular flexibility index (Phi) is 5.90. The average Bonchev–Trinajstić information content (AvgIpc) is 3.42. The number of nitrogens with one attached hydrogen (secondary N) is 1. The number of pyridine rings is 1. The zero-order valence-electron chi connectivity index (χ0n) is 16.7. The van der Waals surface area contributed by atoms with E-state index in [0.29, 0.717) is 17.4 Å². The number of hydrogen-bond acceptors (Lipinski definition) is 9. The fourth-order valence-electron chi connectivity index (χ4n) is 3.03. The first-order valence-corrected chi connectivity index (χ1v) is 10.2. The Balaban J connectivity index is 1.42. The van der Waals surface area contributed by atoms with Gasteiger partial charge < -0.3 is 14.8 Å². The van der Waals surface area contributed by atoms with Gasteiger partial charge in [-0.25, -0.2) is 9.97 Å². The molecule has 3 aromatic heterocycles. The van der Waals surface area contributed by atoms with Crippen LogP contribution in [0.4, 0.5) is 19.0 Å². The maximum atomic E-state index is 13.1. The summed E-state index contributed by atoms with van der Waals surface area (Å²) in [6.07, 6.45) is -1.07. The van der Waals surface area contributed by atoms with E-state index in [-0.39, 0.29) is 29.9 Å². The van der Waals surface area contributed by atoms with E-state index in [1.54, 1.807) is 20.2 Å². The maximum Gasteiger partial charge on any atom is 0.451 e. The molecule has 1 aliphatic rings. The van der Waals surface area contributed by atoms with Crippen molar-refractivity contribution >= 4 is 17.2 Å². The van der Waals surface area contributed by atoms with E-state index < -0.39 is 12.0 Å². The predicted molar refractivity (Wildman–Crippen MR) is 106 cm³/mol. The van der Waals surface area contributed by atoms with Crippen molar-refractivity contribution in [3.8, 4) is 11.5 Å². The van der Waals surface area contributed by atoms with Gasteiger partial charge in [-0.1, -0.05) is 11.3 Å². The second-order valence-corrected chi connectivity index (χ2v) is 8.27. The molecule has 3 aromatic rings. The Labute approximate surface area is 179 Å². The van der Waals surface area contributed by atoms with Crippen LogP contribution in [0.15, 0.2) is 24.5 Å². The standard InChI is InChI=1S/C19H19F3N6O2S/c1-10-27-28-16(31-10)8-24-17-15(7-25-18(26-17)19(20,21)22)30-9-11-5-13(11)14-4-3-12(29-2)6-23-14/h3-4,6-7,11,13H,5,8-9H2,1-2H3,(H,24,25,26). The summed E-state index contributed by atoms with van der Waals surface area (Å²) in [5.41, 5.74) is 0.933. The first-order chi connectivity index (χ1) is 14.8. The van der Waals surface area contributed by atoms with E-state index in [2.05, 4.69) is 30.5 Å². The van der Waals surface area contributed by atoms with Crippen LogP contribution in [0.3, 0.4) is 0 Å². The Morgan fingerprint density at radius 2 is 2.03 bits per heavy atom. The molecule has 164 valence electrons. The van der Waals surface area contributed by atoms with Crippen LogP contribution >= 0.6 is 11.3 Å². The molecular weight excluding hydrogens is 433 g/mol. The number of halogens is 3. The lowest BCUT2D eigenvalue weighted by Gasteiger charge is -2.13. The molecule has 0 bridgehead atoms. The largest absolute Gasteiger partial charge is 0.495 e. The molecule has 12 heteroatoms. The maximum absolute atomic E-state index is 13.1. The van der Waals surface area contributed by atoms with Gasteiger partial charge in [0.05, 0.1) is 32.7 Å². The first-order valence-electron chi connectivity index (χ1n) is 9.43. The summed E-state index contributed by atoms with van der Waals surface area (Å²) in [6.45, 7) is 2.30. The SMILES string of the molecule is COc1ccc(C2CC2COc2cnc(C(F)(F)F)nc2NCc2nnc(C)s2)nc1. The van der Waals surface area contributed by atoms with Crippen molar-refractivity contribution in [1.29, 1.82) is 0 Å². The second kappa shape index (κ2) is 8.61. The van der Waals surface area contributed by atoms with Crippen molar-refractivity contribution in [1.82, 2.24) is 25.1 Å². The van der Waals surface area contributed by atoms with Crippen molar-refractivity contribution in [2.45, 2.75) is 32.0 Å². The van der Waals surface area contributed by atoms with Crippen LogP contribution in [-0.4, -0.2) is 38.9 Å². The van der Waals surface area contributed by atoms with Crippen LogP contribution in [0.5, 0.6) is 11.5 Å². The number of methoxy groups -OCH3 is 1. The molecule has 0 aromatic carbocycles. The number of ether oxygens (including phenoxy) is 2. The molecule has 1 N–H and O–H groups in total. The minimum absolute atomic E-state index is 0.0325. The fourth-order valence-corrected chi connectivity index (χ4v) is 3.68. The van der Waals surface area contributed by atoms with Crippen LogP contribution in [0.25, 0.3) is 0 Å². The Morgan fingerprint density at radius 3 is 2.68 bits per heavy atom. The van der Waals surface area contributed by atoms with Crippen molar-refractivity contribution < 1.29 is 22.6 Å². The third kappa shape index (κ3) is 5.19. The topological polar surface area (TPSA) is 94.9 Å². The van der Waals surface area contributed by atoms with Gasteiger partial charge in [-0.05, 0) is 25.5 Å². The third-order valence-electron chi connectivity index (χ3n) is 4.73. The molecule has 1 saturated carbocycles. The van der Waals surface area contributed by atoms with E-state index in [0.717, 1.165) is 23.3 Å². The monoisotopic (exact) mass is 452 g/mol. The quantitative estimate of drug-likeness (QED) is 0.551. The minimum atomic E-state index is -4.66. The van der Waals surface area contributed by atoms with Gasteiger partial charge in [0.25, 0.3) is 0 Å². The molecule has 2 atom stereocenters. The Bertz CT molecular complexity index is 1040. The molecule has 8 nitrogen and oxygen atoms in total. The lowest BCUT2D eigenvalue weighted by atomic mass is 10.2. The fraction of sp³-hybridized carbons (Fsp3) is 0.421. The van der Waals surface area contributed by atoms with Crippen LogP contribution in [0.2, 0.25) is 0 Å². The van der Waals surface area contributed by atoms with Gasteiger partial charge in [-0.2, -0.15) is 13.2 Å². The van der Waals surface area contributed by atoms with Crippen LogP contribution in [0, 0.1) is 12.8 Å². The van der Waals surface area contributed by atoms with Crippen LogP contribution < -0.4 is 14.8 Å². The molecule has 1 fully saturated rings. The second-order valence-electron chi connectivity index (χ2n) is 7.01. The number of aromatic nitrogens is 5. The number of anilines is 1. The van der Waals surface area contributed by atoms with Crippen LogP contribution in [0.1, 0.15) is 33.9 Å². The van der Waals surface area contributed by atoms with Gasteiger partial charge in [-0.3, -0.25) is 4.98 Å². The van der Waals surface area contributed by atoms with Crippen molar-refractivity contribution in [3.05, 3.63) is 46.1 Å². The lowest BCUT2D eigenvalue weighted by Crippen LogP contribution is -2.15. The molecule has 1 aliphatic carbocycles. The summed E-state index contributed by atoms with van der Waals surface area (Å²) in [5.74, 6) is 0.0180. The van der Waals surface area contributed by atoms with E-state index in [4.69, 9.17) is 9.47 Å². The number of nitrogens with zero attached hydrogens (tertiary/aromatic N) is 5. The van der Waals surface area contributed by atoms with E-state index in [1.807, 2.05) is 12.1 Å². The summed E-state index contributed by atoms with van der Waals surface area (Å²) < 4.78 is 50.0. The van der Waals surface area contributed by atoms with Gasteiger partial charge in [0.2, 0.25) is 5.82 Å². The van der Waals surface area contributed by atoms with Gasteiger partial charge >= 0.3 is 6.18 Å². The Morgan fingerprint density at radius 1 is 1.19 bits per heavy atom. The highest BCUT2D eigenvalue weighted by atomic mass is 32.1. The molecular formula is C19H19F3N6O2S. The molecule has 3 heterocycles. The number of rotatable bonds is 8. The predicted octanol–water partition coefficient (Wildman–Crippen LogP) is 3.85. The highest BCUT2D eigenvalue weighted by Crippen LogP contribution is 2.47. The summed E-state index contributed by atoms with van der Waals surface area (Å²) in [7, 11) is 1.58. The number of aryl methyl sites for hydroxylation is 1. The smallest absolute Gasteiger partial charge is 0.451 e. The molecule has 0 radical (unpaired) electrons. The lowest BCUT2D eigenvalue weighted by molar-refractivity contribution is -0.144. The van der Waals surface area contributed by atoms with Gasteiger partial charge in [0, 0.05) is 17.5 Å². The normalized spacial score (nSPS) is 18.0. The van der Waals surface area contributed by atoms with Gasteiger partial charge in [-0.15, -0.1) is 10.2 Å². The first kappa shape index (κ1) is 21.2. The van der Waals surface area contributed by atoms with E-state index in [9.17, 15) is 13.2 Å². The molecule has 2 unspecified atom stereocenters. The summed E-state index contributed by atoms with van der Waals surface area (Å²) >= 11 is 1.34. The molecule has 0 amide bonds. The average molecular weight is 452 g/mol. The molecule has 0 saturated heterocycles. The number of alkyl halides is 3.